The van der Waals surface area contributed by atoms with Crippen LogP contribution in [0.25, 0.3) is 11.1 Å². The van der Waals surface area contributed by atoms with Crippen molar-refractivity contribution < 1.29 is 36.6 Å². The minimum atomic E-state index is -4.06. The van der Waals surface area contributed by atoms with Gasteiger partial charge in [0.15, 0.2) is 18.2 Å². The van der Waals surface area contributed by atoms with E-state index in [2.05, 4.69) is 4.72 Å². The molecule has 8 nitrogen and oxygen atoms in total. The number of ether oxygens (including phenoxy) is 2. The van der Waals surface area contributed by atoms with E-state index in [4.69, 9.17) is 20.3 Å². The fraction of sp³-hybridized carbons (Fsp3) is 0.136. The average Bonchev–Trinajstić information content (AvgIpc) is 2.75. The quantitative estimate of drug-likeness (QED) is 0.403. The minimum absolute atomic E-state index is 0.0927. The number of sulfonamides is 1. The lowest BCUT2D eigenvalue weighted by atomic mass is 10.0. The molecule has 0 radical (unpaired) electrons. The second kappa shape index (κ2) is 9.84. The van der Waals surface area contributed by atoms with Gasteiger partial charge in [0.25, 0.3) is 0 Å². The van der Waals surface area contributed by atoms with Gasteiger partial charge in [0.2, 0.25) is 10.0 Å². The Morgan fingerprint density at radius 2 is 1.79 bits per heavy atom. The molecule has 0 saturated heterocycles. The topological polar surface area (TPSA) is 128 Å². The number of benzene rings is 3. The van der Waals surface area contributed by atoms with Gasteiger partial charge in [0.1, 0.15) is 11.6 Å². The van der Waals surface area contributed by atoms with Crippen LogP contribution in [-0.4, -0.2) is 33.2 Å². The molecule has 0 aliphatic rings. The van der Waals surface area contributed by atoms with Gasteiger partial charge in [-0.15, -0.1) is 0 Å². The number of hydrogen-bond acceptors (Lipinski definition) is 6. The average molecular weight is 478 g/mol. The van der Waals surface area contributed by atoms with Crippen molar-refractivity contribution in [3.63, 3.8) is 0 Å². The van der Waals surface area contributed by atoms with Crippen LogP contribution < -0.4 is 19.9 Å². The van der Waals surface area contributed by atoms with Gasteiger partial charge >= 0.3 is 5.97 Å². The molecule has 3 aromatic rings. The highest BCUT2D eigenvalue weighted by molar-refractivity contribution is 7.89. The van der Waals surface area contributed by atoms with E-state index in [1.807, 2.05) is 0 Å². The van der Waals surface area contributed by atoms with Crippen LogP contribution in [0.3, 0.4) is 0 Å². The second-order valence-corrected chi connectivity index (χ2v) is 8.67. The Kier molecular flexibility index (Phi) is 7.14. The van der Waals surface area contributed by atoms with Crippen molar-refractivity contribution in [2.24, 2.45) is 0 Å². The number of carbonyl (C=O) groups is 1. The van der Waals surface area contributed by atoms with Crippen molar-refractivity contribution in [1.82, 2.24) is 4.72 Å². The number of carboxylic acids is 1. The van der Waals surface area contributed by atoms with Crippen molar-refractivity contribution in [1.29, 1.82) is 0 Å². The van der Waals surface area contributed by atoms with Crippen molar-refractivity contribution in [3.05, 3.63) is 71.8 Å². The van der Waals surface area contributed by atoms with E-state index < -0.39 is 34.2 Å². The largest absolute Gasteiger partial charge is 0.494 e. The number of halogens is 2. The van der Waals surface area contributed by atoms with Crippen LogP contribution in [0, 0.1) is 11.6 Å². The zero-order chi connectivity index (χ0) is 24.2. The molecule has 33 heavy (non-hydrogen) atoms. The summed E-state index contributed by atoms with van der Waals surface area (Å²) < 4.78 is 65.4. The molecule has 0 spiro atoms. The third-order valence-electron chi connectivity index (χ3n) is 4.53. The Morgan fingerprint density at radius 1 is 1.06 bits per heavy atom. The lowest BCUT2D eigenvalue weighted by molar-refractivity contribution is -0.139. The Hall–Kier alpha value is -3.70. The molecule has 0 aromatic heterocycles. The minimum Gasteiger partial charge on any atom is -0.494 e. The summed E-state index contributed by atoms with van der Waals surface area (Å²) in [5.41, 5.74) is 6.94. The number of hydrogen-bond donors (Lipinski definition) is 3. The van der Waals surface area contributed by atoms with Crippen LogP contribution in [0.4, 0.5) is 14.5 Å². The third kappa shape index (κ3) is 5.96. The number of aliphatic carboxylic acids is 1. The summed E-state index contributed by atoms with van der Waals surface area (Å²) in [4.78, 5) is 10.6. The predicted molar refractivity (Wildman–Crippen MR) is 116 cm³/mol. The first-order valence-electron chi connectivity index (χ1n) is 9.46. The second-order valence-electron chi connectivity index (χ2n) is 6.91. The van der Waals surface area contributed by atoms with Gasteiger partial charge in [-0.2, -0.15) is 0 Å². The zero-order valence-electron chi connectivity index (χ0n) is 17.3. The molecule has 174 valence electrons. The normalized spacial score (nSPS) is 11.2. The summed E-state index contributed by atoms with van der Waals surface area (Å²) in [6.45, 7) is -0.820. The Balaban J connectivity index is 1.90. The molecule has 3 aromatic carbocycles. The fourth-order valence-electron chi connectivity index (χ4n) is 3.02. The van der Waals surface area contributed by atoms with E-state index in [0.29, 0.717) is 16.7 Å². The summed E-state index contributed by atoms with van der Waals surface area (Å²) >= 11 is 0. The van der Waals surface area contributed by atoms with Gasteiger partial charge < -0.3 is 20.3 Å². The van der Waals surface area contributed by atoms with Gasteiger partial charge in [-0.3, -0.25) is 0 Å². The third-order valence-corrected chi connectivity index (χ3v) is 5.93. The number of nitrogens with two attached hydrogens (primary N) is 1. The molecule has 0 fully saturated rings. The highest BCUT2D eigenvalue weighted by atomic mass is 32.2. The molecule has 0 atom stereocenters. The van der Waals surface area contributed by atoms with Crippen LogP contribution in [0.15, 0.2) is 59.5 Å². The van der Waals surface area contributed by atoms with Gasteiger partial charge in [-0.25, -0.2) is 26.7 Å². The monoisotopic (exact) mass is 478 g/mol. The number of methoxy groups -OCH3 is 1. The Labute approximate surface area is 188 Å². The number of carboxylic acid groups (broad SMARTS) is 1. The maximum Gasteiger partial charge on any atom is 0.341 e. The summed E-state index contributed by atoms with van der Waals surface area (Å²) in [5, 5.41) is 8.90. The van der Waals surface area contributed by atoms with E-state index in [1.54, 1.807) is 0 Å². The Morgan fingerprint density at radius 3 is 2.42 bits per heavy atom. The molecule has 0 saturated carbocycles. The first-order valence-corrected chi connectivity index (χ1v) is 10.9. The van der Waals surface area contributed by atoms with Crippen LogP contribution in [0.2, 0.25) is 0 Å². The molecule has 0 heterocycles. The molecule has 0 bridgehead atoms. The Bertz CT molecular complexity index is 1280. The van der Waals surface area contributed by atoms with Gasteiger partial charge in [-0.05, 0) is 59.7 Å². The summed E-state index contributed by atoms with van der Waals surface area (Å²) in [5.74, 6) is -2.59. The highest BCUT2D eigenvalue weighted by Gasteiger charge is 2.18. The molecule has 0 aliphatic carbocycles. The van der Waals surface area contributed by atoms with Crippen LogP contribution in [0.1, 0.15) is 5.56 Å². The van der Waals surface area contributed by atoms with Gasteiger partial charge in [0, 0.05) is 17.8 Å². The maximum absolute atomic E-state index is 13.9. The number of nitrogen functional groups attached to an aromatic ring is 1. The van der Waals surface area contributed by atoms with E-state index in [0.717, 1.165) is 12.1 Å². The highest BCUT2D eigenvalue weighted by Crippen LogP contribution is 2.33. The molecular formula is C22H20F2N2O6S. The molecule has 0 unspecified atom stereocenters. The molecule has 0 aliphatic heterocycles. The zero-order valence-corrected chi connectivity index (χ0v) is 18.2. The first kappa shape index (κ1) is 24.0. The lowest BCUT2D eigenvalue weighted by Crippen LogP contribution is -2.23. The standard InChI is InChI=1S/C22H20F2N2O6S/c1-31-21-5-3-17(10-19(21)24)33(29,30)26-11-13-2-4-20(32-12-22(27)28)18(6-13)14-7-15(23)9-16(25)8-14/h2-10,26H,11-12,25H2,1H3,(H,27,28). The van der Waals surface area contributed by atoms with E-state index in [9.17, 15) is 22.0 Å². The van der Waals surface area contributed by atoms with Crippen LogP contribution >= 0.6 is 0 Å². The summed E-state index contributed by atoms with van der Waals surface area (Å²) in [7, 11) is -2.80. The molecule has 0 amide bonds. The first-order chi connectivity index (χ1) is 15.6. The van der Waals surface area contributed by atoms with Crippen LogP contribution in [0.5, 0.6) is 11.5 Å². The van der Waals surface area contributed by atoms with Crippen molar-refractivity contribution in [3.8, 4) is 22.6 Å². The predicted octanol–water partition coefficient (Wildman–Crippen LogP) is 3.16. The summed E-state index contributed by atoms with van der Waals surface area (Å²) in [6, 6.07) is 11.5. The van der Waals surface area contributed by atoms with Gasteiger partial charge in [0.05, 0.1) is 12.0 Å². The molecule has 4 N–H and O–H groups in total. The molecule has 3 rings (SSSR count). The van der Waals surface area contributed by atoms with Crippen LogP contribution in [-0.2, 0) is 21.4 Å². The van der Waals surface area contributed by atoms with Crippen molar-refractivity contribution in [2.45, 2.75) is 11.4 Å². The smallest absolute Gasteiger partial charge is 0.341 e. The van der Waals surface area contributed by atoms with E-state index in [1.165, 1.54) is 49.6 Å². The SMILES string of the molecule is COc1ccc(S(=O)(=O)NCc2ccc(OCC(=O)O)c(-c3cc(N)cc(F)c3)c2)cc1F. The molecular weight excluding hydrogens is 458 g/mol. The lowest BCUT2D eigenvalue weighted by Gasteiger charge is -2.14. The maximum atomic E-state index is 13.9. The number of rotatable bonds is 9. The number of nitrogens with one attached hydrogen (secondary N) is 1. The van der Waals surface area contributed by atoms with E-state index >= 15 is 0 Å². The van der Waals surface area contributed by atoms with Crippen molar-refractivity contribution in [2.75, 3.05) is 19.5 Å². The fourth-order valence-corrected chi connectivity index (χ4v) is 4.05. The van der Waals surface area contributed by atoms with E-state index in [-0.39, 0.29) is 28.6 Å². The van der Waals surface area contributed by atoms with Gasteiger partial charge in [-0.1, -0.05) is 6.07 Å². The molecule has 11 heteroatoms. The van der Waals surface area contributed by atoms with Crippen molar-refractivity contribution >= 4 is 21.7 Å². The number of anilines is 1. The summed E-state index contributed by atoms with van der Waals surface area (Å²) in [6.07, 6.45) is 0.